The number of hydrogen-bond acceptors (Lipinski definition) is 4. The van der Waals surface area contributed by atoms with E-state index in [9.17, 15) is 4.79 Å². The van der Waals surface area contributed by atoms with Gasteiger partial charge in [-0.15, -0.1) is 11.3 Å². The highest BCUT2D eigenvalue weighted by molar-refractivity contribution is 7.12. The van der Waals surface area contributed by atoms with Gasteiger partial charge in [-0.3, -0.25) is 4.79 Å². The third-order valence-corrected chi connectivity index (χ3v) is 4.73. The molecule has 0 aromatic carbocycles. The summed E-state index contributed by atoms with van der Waals surface area (Å²) < 4.78 is 0. The largest absolute Gasteiger partial charge is 0.357 e. The van der Waals surface area contributed by atoms with Gasteiger partial charge in [0.15, 0.2) is 0 Å². The highest BCUT2D eigenvalue weighted by Gasteiger charge is 2.16. The Morgan fingerprint density at radius 3 is 2.76 bits per heavy atom. The Hall–Kier alpha value is -1.88. The average Bonchev–Trinajstić information content (AvgIpc) is 3.03. The number of hydrogen-bond donors (Lipinski definition) is 1. The molecule has 4 nitrogen and oxygen atoms in total. The lowest BCUT2D eigenvalue weighted by Gasteiger charge is -2.31. The minimum absolute atomic E-state index is 0.0775. The van der Waals surface area contributed by atoms with Crippen LogP contribution in [0.5, 0.6) is 0 Å². The third-order valence-electron chi connectivity index (χ3n) is 3.86. The first-order chi connectivity index (χ1) is 10.2. The molecular formula is C16H19N3OS. The van der Waals surface area contributed by atoms with Crippen molar-refractivity contribution >= 4 is 28.7 Å². The molecule has 3 heterocycles. The molecule has 1 amide bonds. The first kappa shape index (κ1) is 14.1. The van der Waals surface area contributed by atoms with Gasteiger partial charge in [0.1, 0.15) is 5.82 Å². The normalized spacial score (nSPS) is 16.0. The number of amides is 1. The summed E-state index contributed by atoms with van der Waals surface area (Å²) in [6.07, 6.45) is 4.18. The van der Waals surface area contributed by atoms with Crippen molar-refractivity contribution in [2.45, 2.75) is 19.8 Å². The van der Waals surface area contributed by atoms with E-state index in [1.165, 1.54) is 24.2 Å². The molecule has 1 N–H and O–H groups in total. The van der Waals surface area contributed by atoms with Crippen LogP contribution in [0.15, 0.2) is 35.8 Å². The second-order valence-corrected chi connectivity index (χ2v) is 6.45. The molecule has 5 heteroatoms. The minimum atomic E-state index is -0.0775. The zero-order chi connectivity index (χ0) is 14.7. The monoisotopic (exact) mass is 301 g/mol. The van der Waals surface area contributed by atoms with Gasteiger partial charge >= 0.3 is 0 Å². The lowest BCUT2D eigenvalue weighted by Crippen LogP contribution is -2.33. The summed E-state index contributed by atoms with van der Waals surface area (Å²) in [6.45, 7) is 4.43. The van der Waals surface area contributed by atoms with E-state index in [1.807, 2.05) is 29.6 Å². The van der Waals surface area contributed by atoms with Crippen molar-refractivity contribution in [2.24, 2.45) is 5.92 Å². The van der Waals surface area contributed by atoms with Crippen LogP contribution >= 0.6 is 11.3 Å². The second-order valence-electron chi connectivity index (χ2n) is 5.51. The lowest BCUT2D eigenvalue weighted by atomic mass is 9.99. The number of piperidine rings is 1. The van der Waals surface area contributed by atoms with E-state index in [4.69, 9.17) is 0 Å². The Balaban J connectivity index is 1.63. The van der Waals surface area contributed by atoms with Crippen molar-refractivity contribution in [2.75, 3.05) is 23.3 Å². The summed E-state index contributed by atoms with van der Waals surface area (Å²) in [4.78, 5) is 19.5. The number of aromatic nitrogens is 1. The summed E-state index contributed by atoms with van der Waals surface area (Å²) >= 11 is 1.44. The lowest BCUT2D eigenvalue weighted by molar-refractivity contribution is 0.103. The molecule has 1 aliphatic rings. The molecule has 0 aliphatic carbocycles. The Morgan fingerprint density at radius 1 is 1.33 bits per heavy atom. The number of rotatable bonds is 3. The molecule has 0 radical (unpaired) electrons. The summed E-state index contributed by atoms with van der Waals surface area (Å²) in [5.41, 5.74) is 0.738. The van der Waals surface area contributed by atoms with Crippen molar-refractivity contribution in [1.82, 2.24) is 4.98 Å². The zero-order valence-electron chi connectivity index (χ0n) is 12.1. The van der Waals surface area contributed by atoms with Gasteiger partial charge in [-0.2, -0.15) is 0 Å². The molecule has 0 atom stereocenters. The van der Waals surface area contributed by atoms with Gasteiger partial charge in [0.2, 0.25) is 0 Å². The predicted octanol–water partition coefficient (Wildman–Crippen LogP) is 3.63. The maximum Gasteiger partial charge on any atom is 0.265 e. The topological polar surface area (TPSA) is 45.2 Å². The van der Waals surface area contributed by atoms with E-state index < -0.39 is 0 Å². The highest BCUT2D eigenvalue weighted by Crippen LogP contribution is 2.22. The van der Waals surface area contributed by atoms with E-state index in [0.717, 1.165) is 30.5 Å². The van der Waals surface area contributed by atoms with Gasteiger partial charge in [-0.1, -0.05) is 13.0 Å². The van der Waals surface area contributed by atoms with E-state index in [1.54, 1.807) is 6.20 Å². The molecule has 3 rings (SSSR count). The Morgan fingerprint density at radius 2 is 2.14 bits per heavy atom. The standard InChI is InChI=1S/C16H19N3OS/c1-12-6-8-19(9-7-12)15-5-4-13(11-17-15)18-16(20)14-3-2-10-21-14/h2-5,10-12H,6-9H2,1H3,(H,18,20). The van der Waals surface area contributed by atoms with Crippen molar-refractivity contribution in [3.8, 4) is 0 Å². The number of carbonyl (C=O) groups excluding carboxylic acids is 1. The Kier molecular flexibility index (Phi) is 4.20. The van der Waals surface area contributed by atoms with E-state index in [0.29, 0.717) is 4.88 Å². The van der Waals surface area contributed by atoms with Crippen LogP contribution in [0.1, 0.15) is 29.4 Å². The van der Waals surface area contributed by atoms with Gasteiger partial charge < -0.3 is 10.2 Å². The van der Waals surface area contributed by atoms with E-state index in [-0.39, 0.29) is 5.91 Å². The van der Waals surface area contributed by atoms with Crippen molar-refractivity contribution < 1.29 is 4.79 Å². The molecular weight excluding hydrogens is 282 g/mol. The van der Waals surface area contributed by atoms with Gasteiger partial charge in [-0.25, -0.2) is 4.98 Å². The fraction of sp³-hybridized carbons (Fsp3) is 0.375. The van der Waals surface area contributed by atoms with Crippen LogP contribution in [0, 0.1) is 5.92 Å². The molecule has 0 bridgehead atoms. The van der Waals surface area contributed by atoms with Crippen LogP contribution in [-0.2, 0) is 0 Å². The molecule has 1 saturated heterocycles. The summed E-state index contributed by atoms with van der Waals surface area (Å²) in [5.74, 6) is 1.73. The smallest absolute Gasteiger partial charge is 0.265 e. The van der Waals surface area contributed by atoms with Crippen LogP contribution in [0.3, 0.4) is 0 Å². The van der Waals surface area contributed by atoms with E-state index in [2.05, 4.69) is 22.1 Å². The minimum Gasteiger partial charge on any atom is -0.357 e. The molecule has 1 aliphatic heterocycles. The maximum atomic E-state index is 12.0. The SMILES string of the molecule is CC1CCN(c2ccc(NC(=O)c3cccs3)cn2)CC1. The summed E-state index contributed by atoms with van der Waals surface area (Å²) in [5, 5.41) is 4.77. The number of nitrogens with zero attached hydrogens (tertiary/aromatic N) is 2. The number of thiophene rings is 1. The third kappa shape index (κ3) is 3.42. The number of nitrogens with one attached hydrogen (secondary N) is 1. The number of pyridine rings is 1. The van der Waals surface area contributed by atoms with Gasteiger partial charge in [0.25, 0.3) is 5.91 Å². The summed E-state index contributed by atoms with van der Waals surface area (Å²) in [6, 6.07) is 7.60. The van der Waals surface area contributed by atoms with Crippen molar-refractivity contribution in [3.05, 3.63) is 40.7 Å². The van der Waals surface area contributed by atoms with Crippen LogP contribution in [0.25, 0.3) is 0 Å². The van der Waals surface area contributed by atoms with Gasteiger partial charge in [0, 0.05) is 13.1 Å². The molecule has 1 fully saturated rings. The zero-order valence-corrected chi connectivity index (χ0v) is 12.9. The van der Waals surface area contributed by atoms with Crippen molar-refractivity contribution in [3.63, 3.8) is 0 Å². The first-order valence-electron chi connectivity index (χ1n) is 7.28. The Bertz CT molecular complexity index is 586. The second kappa shape index (κ2) is 6.26. The number of carbonyl (C=O) groups is 1. The molecule has 21 heavy (non-hydrogen) atoms. The molecule has 0 unspecified atom stereocenters. The average molecular weight is 301 g/mol. The quantitative estimate of drug-likeness (QED) is 0.941. The molecule has 110 valence electrons. The molecule has 0 saturated carbocycles. The van der Waals surface area contributed by atoms with E-state index >= 15 is 0 Å². The highest BCUT2D eigenvalue weighted by atomic mass is 32.1. The number of anilines is 2. The fourth-order valence-corrected chi connectivity index (χ4v) is 3.10. The first-order valence-corrected chi connectivity index (χ1v) is 8.16. The van der Waals surface area contributed by atoms with Gasteiger partial charge in [0.05, 0.1) is 16.8 Å². The van der Waals surface area contributed by atoms with Crippen LogP contribution in [-0.4, -0.2) is 24.0 Å². The van der Waals surface area contributed by atoms with Crippen LogP contribution < -0.4 is 10.2 Å². The molecule has 2 aromatic heterocycles. The van der Waals surface area contributed by atoms with Crippen molar-refractivity contribution in [1.29, 1.82) is 0 Å². The Labute approximate surface area is 128 Å². The maximum absolute atomic E-state index is 12.0. The predicted molar refractivity (Wildman–Crippen MR) is 87.1 cm³/mol. The van der Waals surface area contributed by atoms with Crippen LogP contribution in [0.2, 0.25) is 0 Å². The fourth-order valence-electron chi connectivity index (χ4n) is 2.49. The van der Waals surface area contributed by atoms with Crippen LogP contribution in [0.4, 0.5) is 11.5 Å². The molecule has 0 spiro atoms. The summed E-state index contributed by atoms with van der Waals surface area (Å²) in [7, 11) is 0. The molecule has 2 aromatic rings. The van der Waals surface area contributed by atoms with Gasteiger partial charge in [-0.05, 0) is 42.3 Å².